The van der Waals surface area contributed by atoms with Crippen LogP contribution in [0, 0.1) is 0 Å². The summed E-state index contributed by atoms with van der Waals surface area (Å²) in [4.78, 5) is 11.7. The highest BCUT2D eigenvalue weighted by molar-refractivity contribution is 5.95. The van der Waals surface area contributed by atoms with Crippen molar-refractivity contribution in [2.24, 2.45) is 5.10 Å². The van der Waals surface area contributed by atoms with Crippen LogP contribution in [-0.4, -0.2) is 12.1 Å². The molecule has 0 radical (unpaired) electrons. The SMILES string of the molecule is Nc1ccc(C(=O)N/N=C\c2cccc(C(F)(F)F)c2)cc1. The van der Waals surface area contributed by atoms with Crippen molar-refractivity contribution >= 4 is 17.8 Å². The zero-order valence-corrected chi connectivity index (χ0v) is 11.3. The number of hydrogen-bond acceptors (Lipinski definition) is 3. The molecule has 0 aliphatic heterocycles. The average Bonchev–Trinajstić information content (AvgIpc) is 2.47. The van der Waals surface area contributed by atoms with Crippen LogP contribution in [0.4, 0.5) is 18.9 Å². The number of nitrogens with one attached hydrogen (secondary N) is 1. The molecule has 2 aromatic rings. The number of hydrogen-bond donors (Lipinski definition) is 2. The van der Waals surface area contributed by atoms with Crippen molar-refractivity contribution in [3.63, 3.8) is 0 Å². The van der Waals surface area contributed by atoms with Crippen LogP contribution < -0.4 is 11.2 Å². The lowest BCUT2D eigenvalue weighted by molar-refractivity contribution is -0.137. The summed E-state index contributed by atoms with van der Waals surface area (Å²) in [5.74, 6) is -0.483. The van der Waals surface area contributed by atoms with E-state index in [1.54, 1.807) is 12.1 Å². The Balaban J connectivity index is 2.03. The van der Waals surface area contributed by atoms with Gasteiger partial charge in [0.25, 0.3) is 5.91 Å². The number of hydrazone groups is 1. The Morgan fingerprint density at radius 2 is 1.82 bits per heavy atom. The van der Waals surface area contributed by atoms with E-state index in [9.17, 15) is 18.0 Å². The van der Waals surface area contributed by atoms with Crippen LogP contribution in [-0.2, 0) is 6.18 Å². The molecule has 0 saturated heterocycles. The molecule has 22 heavy (non-hydrogen) atoms. The van der Waals surface area contributed by atoms with E-state index in [1.165, 1.54) is 24.3 Å². The van der Waals surface area contributed by atoms with Gasteiger partial charge in [-0.2, -0.15) is 18.3 Å². The molecule has 114 valence electrons. The molecule has 0 aliphatic rings. The van der Waals surface area contributed by atoms with Gasteiger partial charge in [0, 0.05) is 11.3 Å². The largest absolute Gasteiger partial charge is 0.416 e. The molecular weight excluding hydrogens is 295 g/mol. The molecule has 0 aromatic heterocycles. The summed E-state index contributed by atoms with van der Waals surface area (Å²) < 4.78 is 37.6. The maximum atomic E-state index is 12.5. The quantitative estimate of drug-likeness (QED) is 0.520. The number of rotatable bonds is 3. The van der Waals surface area contributed by atoms with E-state index in [1.807, 2.05) is 0 Å². The third-order valence-electron chi connectivity index (χ3n) is 2.77. The van der Waals surface area contributed by atoms with E-state index in [-0.39, 0.29) is 5.56 Å². The zero-order valence-electron chi connectivity index (χ0n) is 11.3. The van der Waals surface area contributed by atoms with Crippen LogP contribution in [0.2, 0.25) is 0 Å². The third kappa shape index (κ3) is 4.08. The van der Waals surface area contributed by atoms with E-state index >= 15 is 0 Å². The summed E-state index contributed by atoms with van der Waals surface area (Å²) in [5, 5.41) is 3.64. The first-order valence-corrected chi connectivity index (χ1v) is 6.22. The minimum absolute atomic E-state index is 0.229. The predicted molar refractivity (Wildman–Crippen MR) is 77.4 cm³/mol. The van der Waals surface area contributed by atoms with Crippen molar-refractivity contribution in [1.82, 2.24) is 5.43 Å². The summed E-state index contributed by atoms with van der Waals surface area (Å²) in [6.07, 6.45) is -3.28. The topological polar surface area (TPSA) is 67.5 Å². The number of anilines is 1. The fourth-order valence-electron chi connectivity index (χ4n) is 1.66. The molecule has 1 amide bonds. The van der Waals surface area contributed by atoms with Gasteiger partial charge >= 0.3 is 6.18 Å². The lowest BCUT2D eigenvalue weighted by atomic mass is 10.1. The summed E-state index contributed by atoms with van der Waals surface area (Å²) in [6.45, 7) is 0. The first-order chi connectivity index (χ1) is 10.4. The number of amides is 1. The van der Waals surface area contributed by atoms with Crippen molar-refractivity contribution < 1.29 is 18.0 Å². The molecule has 7 heteroatoms. The molecule has 0 spiro atoms. The minimum Gasteiger partial charge on any atom is -0.399 e. The van der Waals surface area contributed by atoms with E-state index in [0.717, 1.165) is 18.3 Å². The highest BCUT2D eigenvalue weighted by Gasteiger charge is 2.30. The van der Waals surface area contributed by atoms with Gasteiger partial charge in [0.2, 0.25) is 0 Å². The van der Waals surface area contributed by atoms with Crippen LogP contribution in [0.3, 0.4) is 0 Å². The Bertz CT molecular complexity index is 694. The van der Waals surface area contributed by atoms with Crippen molar-refractivity contribution in [2.75, 3.05) is 5.73 Å². The fourth-order valence-corrected chi connectivity index (χ4v) is 1.66. The van der Waals surface area contributed by atoms with Gasteiger partial charge in [-0.25, -0.2) is 5.43 Å². The van der Waals surface area contributed by atoms with E-state index in [4.69, 9.17) is 5.73 Å². The maximum absolute atomic E-state index is 12.5. The zero-order chi connectivity index (χ0) is 16.2. The van der Waals surface area contributed by atoms with Gasteiger partial charge < -0.3 is 5.73 Å². The van der Waals surface area contributed by atoms with Crippen LogP contribution in [0.5, 0.6) is 0 Å². The number of carbonyl (C=O) groups excluding carboxylic acids is 1. The van der Waals surface area contributed by atoms with Crippen molar-refractivity contribution in [3.05, 3.63) is 65.2 Å². The molecule has 0 atom stereocenters. The Morgan fingerprint density at radius 1 is 1.14 bits per heavy atom. The van der Waals surface area contributed by atoms with Crippen molar-refractivity contribution in [3.8, 4) is 0 Å². The summed E-state index contributed by atoms with van der Waals surface area (Å²) in [6, 6.07) is 10.8. The molecule has 2 aromatic carbocycles. The van der Waals surface area contributed by atoms with Gasteiger partial charge in [-0.3, -0.25) is 4.79 Å². The molecule has 4 nitrogen and oxygen atoms in total. The highest BCUT2D eigenvalue weighted by Crippen LogP contribution is 2.29. The monoisotopic (exact) mass is 307 g/mol. The first-order valence-electron chi connectivity index (χ1n) is 6.22. The number of halogens is 3. The third-order valence-corrected chi connectivity index (χ3v) is 2.77. The predicted octanol–water partition coefficient (Wildman–Crippen LogP) is 3.05. The molecule has 0 unspecified atom stereocenters. The normalized spacial score (nSPS) is 11.6. The van der Waals surface area contributed by atoms with Gasteiger partial charge in [-0.05, 0) is 42.0 Å². The molecule has 0 aliphatic carbocycles. The number of nitrogens with two attached hydrogens (primary N) is 1. The van der Waals surface area contributed by atoms with Crippen LogP contribution in [0.15, 0.2) is 53.6 Å². The Morgan fingerprint density at radius 3 is 2.45 bits per heavy atom. The van der Waals surface area contributed by atoms with Crippen molar-refractivity contribution in [2.45, 2.75) is 6.18 Å². The molecule has 0 saturated carbocycles. The smallest absolute Gasteiger partial charge is 0.399 e. The molecule has 0 fully saturated rings. The standard InChI is InChI=1S/C15H12F3N3O/c16-15(17,18)12-3-1-2-10(8-12)9-20-21-14(22)11-4-6-13(19)7-5-11/h1-9H,19H2,(H,21,22)/b20-9-. The number of nitrogen functional groups attached to an aromatic ring is 1. The summed E-state index contributed by atoms with van der Waals surface area (Å²) in [7, 11) is 0. The Labute approximate surface area is 124 Å². The van der Waals surface area contributed by atoms with E-state index in [0.29, 0.717) is 11.3 Å². The van der Waals surface area contributed by atoms with Crippen LogP contribution >= 0.6 is 0 Å². The van der Waals surface area contributed by atoms with Gasteiger partial charge in [0.05, 0.1) is 11.8 Å². The first kappa shape index (κ1) is 15.6. The maximum Gasteiger partial charge on any atom is 0.416 e. The van der Waals surface area contributed by atoms with Gasteiger partial charge in [-0.1, -0.05) is 12.1 Å². The number of benzene rings is 2. The number of alkyl halides is 3. The number of nitrogens with zero attached hydrogens (tertiary/aromatic N) is 1. The summed E-state index contributed by atoms with van der Waals surface area (Å²) >= 11 is 0. The second-order valence-electron chi connectivity index (χ2n) is 4.44. The summed E-state index contributed by atoms with van der Waals surface area (Å²) in [5.41, 5.74) is 8.05. The molecule has 0 heterocycles. The molecule has 2 rings (SSSR count). The van der Waals surface area contributed by atoms with Crippen LogP contribution in [0.25, 0.3) is 0 Å². The van der Waals surface area contributed by atoms with Crippen LogP contribution in [0.1, 0.15) is 21.5 Å². The van der Waals surface area contributed by atoms with Gasteiger partial charge in [-0.15, -0.1) is 0 Å². The molecular formula is C15H12F3N3O. The number of carbonyl (C=O) groups is 1. The van der Waals surface area contributed by atoms with Gasteiger partial charge in [0.15, 0.2) is 0 Å². The second-order valence-corrected chi connectivity index (χ2v) is 4.44. The second kappa shape index (κ2) is 6.30. The van der Waals surface area contributed by atoms with Gasteiger partial charge in [0.1, 0.15) is 0 Å². The van der Waals surface area contributed by atoms with Crippen molar-refractivity contribution in [1.29, 1.82) is 0 Å². The fraction of sp³-hybridized carbons (Fsp3) is 0.0667. The Kier molecular flexibility index (Phi) is 4.45. The lowest BCUT2D eigenvalue weighted by Crippen LogP contribution is -2.17. The highest BCUT2D eigenvalue weighted by atomic mass is 19.4. The molecule has 0 bridgehead atoms. The van der Waals surface area contributed by atoms with E-state index in [2.05, 4.69) is 10.5 Å². The lowest BCUT2D eigenvalue weighted by Gasteiger charge is -2.06. The van der Waals surface area contributed by atoms with E-state index < -0.39 is 17.6 Å². The Hall–Kier alpha value is -2.83. The molecule has 3 N–H and O–H groups in total. The average molecular weight is 307 g/mol. The minimum atomic E-state index is -4.42.